The highest BCUT2D eigenvalue weighted by molar-refractivity contribution is 7.86. The molecule has 0 unspecified atom stereocenters. The van der Waals surface area contributed by atoms with Gasteiger partial charge in [0.05, 0.1) is 5.69 Å². The Hall–Kier alpha value is -2.96. The largest absolute Gasteiger partial charge is 0.382 e. The molecule has 2 aromatic carbocycles. The third-order valence-electron chi connectivity index (χ3n) is 2.81. The van der Waals surface area contributed by atoms with Gasteiger partial charge in [0.2, 0.25) is 5.71 Å². The smallest absolute Gasteiger partial charge is 0.295 e. The lowest BCUT2D eigenvalue weighted by molar-refractivity contribution is 0.484. The number of nitriles is 1. The molecule has 5 N–H and O–H groups in total. The van der Waals surface area contributed by atoms with E-state index in [0.717, 1.165) is 0 Å². The molecule has 0 aliphatic heterocycles. The van der Waals surface area contributed by atoms with E-state index < -0.39 is 16.0 Å². The number of nitrogens with one attached hydrogen (secondary N) is 2. The first kappa shape index (κ1) is 15.4. The summed E-state index contributed by atoms with van der Waals surface area (Å²) in [5.41, 5.74) is 7.85. The number of benzene rings is 2. The second-order valence-corrected chi connectivity index (χ2v) is 5.62. The van der Waals surface area contributed by atoms with Crippen LogP contribution in [-0.2, 0) is 10.1 Å². The summed E-state index contributed by atoms with van der Waals surface area (Å²) < 4.78 is 32.0. The van der Waals surface area contributed by atoms with Gasteiger partial charge >= 0.3 is 0 Å². The summed E-state index contributed by atoms with van der Waals surface area (Å²) >= 11 is 0. The first-order chi connectivity index (χ1) is 10.3. The molecule has 0 atom stereocenters. The van der Waals surface area contributed by atoms with Crippen LogP contribution in [0.3, 0.4) is 0 Å². The van der Waals surface area contributed by atoms with Crippen LogP contribution in [-0.4, -0.2) is 24.5 Å². The molecule has 2 aromatic rings. The highest BCUT2D eigenvalue weighted by Gasteiger charge is 2.14. The highest BCUT2D eigenvalue weighted by atomic mass is 32.2. The van der Waals surface area contributed by atoms with E-state index in [9.17, 15) is 13.0 Å². The van der Waals surface area contributed by atoms with E-state index in [-0.39, 0.29) is 10.6 Å². The van der Waals surface area contributed by atoms with Crippen LogP contribution in [0.4, 0.5) is 5.69 Å². The number of amidine groups is 1. The monoisotopic (exact) mass is 317 g/mol. The number of nitrogens with two attached hydrogens (primary N) is 1. The Morgan fingerprint density at radius 2 is 1.91 bits per heavy atom. The summed E-state index contributed by atoms with van der Waals surface area (Å²) in [4.78, 5) is -0.232. The van der Waals surface area contributed by atoms with Crippen molar-refractivity contribution in [3.05, 3.63) is 36.4 Å². The SMILES string of the molecule is N#C/C(=N\Nc1cccc2c(S(=O)(=O)O)cccc12)C(=N)N. The molecule has 0 fully saturated rings. The lowest BCUT2D eigenvalue weighted by atomic mass is 10.1. The average Bonchev–Trinajstić information content (AvgIpc) is 2.46. The van der Waals surface area contributed by atoms with Crippen molar-refractivity contribution in [2.75, 3.05) is 5.43 Å². The molecule has 0 bridgehead atoms. The van der Waals surface area contributed by atoms with Crippen molar-refractivity contribution in [3.8, 4) is 6.07 Å². The van der Waals surface area contributed by atoms with Gasteiger partial charge in [-0.15, -0.1) is 0 Å². The Morgan fingerprint density at radius 1 is 1.27 bits per heavy atom. The standard InChI is InChI=1S/C13H11N5O3S/c14-7-11(13(15)16)18-17-10-5-1-4-9-8(10)3-2-6-12(9)22(19,20)21/h1-6,17H,(H3,15,16)(H,19,20,21)/b18-11+. The summed E-state index contributed by atoms with van der Waals surface area (Å²) in [6.07, 6.45) is 0. The Labute approximate surface area is 126 Å². The second kappa shape index (κ2) is 5.80. The fourth-order valence-corrected chi connectivity index (χ4v) is 2.57. The molecule has 9 heteroatoms. The molecule has 8 nitrogen and oxygen atoms in total. The Bertz CT molecular complexity index is 928. The predicted molar refractivity (Wildman–Crippen MR) is 82.3 cm³/mol. The van der Waals surface area contributed by atoms with Crippen LogP contribution in [0.25, 0.3) is 10.8 Å². The summed E-state index contributed by atoms with van der Waals surface area (Å²) in [6, 6.07) is 10.7. The van der Waals surface area contributed by atoms with Crippen molar-refractivity contribution < 1.29 is 13.0 Å². The third kappa shape index (κ3) is 3.03. The van der Waals surface area contributed by atoms with E-state index in [1.165, 1.54) is 18.2 Å². The molecule has 0 aliphatic rings. The van der Waals surface area contributed by atoms with Gasteiger partial charge in [0, 0.05) is 10.8 Å². The number of hydrazone groups is 1. The highest BCUT2D eigenvalue weighted by Crippen LogP contribution is 2.28. The van der Waals surface area contributed by atoms with Gasteiger partial charge in [0.25, 0.3) is 10.1 Å². The van der Waals surface area contributed by atoms with E-state index in [1.54, 1.807) is 24.3 Å². The number of nitrogens with zero attached hydrogens (tertiary/aromatic N) is 2. The lowest BCUT2D eigenvalue weighted by Crippen LogP contribution is -2.21. The molecule has 22 heavy (non-hydrogen) atoms. The van der Waals surface area contributed by atoms with Gasteiger partial charge in [0.15, 0.2) is 5.84 Å². The Morgan fingerprint density at radius 3 is 2.50 bits per heavy atom. The molecule has 0 saturated heterocycles. The molecular formula is C13H11N5O3S. The third-order valence-corrected chi connectivity index (χ3v) is 3.72. The zero-order valence-electron chi connectivity index (χ0n) is 11.1. The molecule has 0 spiro atoms. The first-order valence-electron chi connectivity index (χ1n) is 5.92. The molecule has 0 aromatic heterocycles. The van der Waals surface area contributed by atoms with E-state index in [0.29, 0.717) is 16.5 Å². The topological polar surface area (TPSA) is 152 Å². The lowest BCUT2D eigenvalue weighted by Gasteiger charge is -2.08. The minimum Gasteiger partial charge on any atom is -0.382 e. The number of anilines is 1. The van der Waals surface area contributed by atoms with Gasteiger partial charge in [-0.05, 0) is 12.1 Å². The fourth-order valence-electron chi connectivity index (χ4n) is 1.87. The van der Waals surface area contributed by atoms with E-state index in [2.05, 4.69) is 10.5 Å². The number of hydrogen-bond donors (Lipinski definition) is 4. The van der Waals surface area contributed by atoms with Crippen molar-refractivity contribution in [1.82, 2.24) is 0 Å². The molecule has 2 rings (SSSR count). The maximum Gasteiger partial charge on any atom is 0.295 e. The fraction of sp³-hybridized carbons (Fsp3) is 0. The summed E-state index contributed by atoms with van der Waals surface area (Å²) in [6.45, 7) is 0. The molecule has 112 valence electrons. The summed E-state index contributed by atoms with van der Waals surface area (Å²) in [5.74, 6) is -0.492. The number of hydrogen-bond acceptors (Lipinski definition) is 6. The van der Waals surface area contributed by atoms with Gasteiger partial charge in [-0.2, -0.15) is 18.8 Å². The van der Waals surface area contributed by atoms with Crippen molar-refractivity contribution in [2.45, 2.75) is 4.90 Å². The van der Waals surface area contributed by atoms with E-state index >= 15 is 0 Å². The minimum absolute atomic E-state index is 0.232. The van der Waals surface area contributed by atoms with E-state index in [1.807, 2.05) is 0 Å². The Kier molecular flexibility index (Phi) is 4.07. The van der Waals surface area contributed by atoms with Crippen LogP contribution in [0, 0.1) is 16.7 Å². The van der Waals surface area contributed by atoms with Crippen LogP contribution in [0.2, 0.25) is 0 Å². The molecule has 0 radical (unpaired) electrons. The molecule has 0 heterocycles. The second-order valence-electron chi connectivity index (χ2n) is 4.23. The maximum absolute atomic E-state index is 11.4. The average molecular weight is 317 g/mol. The van der Waals surface area contributed by atoms with Crippen LogP contribution >= 0.6 is 0 Å². The van der Waals surface area contributed by atoms with Crippen molar-refractivity contribution >= 4 is 38.1 Å². The van der Waals surface area contributed by atoms with Crippen LogP contribution in [0.1, 0.15) is 0 Å². The van der Waals surface area contributed by atoms with Gasteiger partial charge in [-0.3, -0.25) is 15.4 Å². The van der Waals surface area contributed by atoms with Crippen molar-refractivity contribution in [1.29, 1.82) is 10.7 Å². The normalized spacial score (nSPS) is 11.9. The predicted octanol–water partition coefficient (Wildman–Crippen LogP) is 1.31. The zero-order valence-corrected chi connectivity index (χ0v) is 11.9. The summed E-state index contributed by atoms with van der Waals surface area (Å²) in [7, 11) is -4.37. The van der Waals surface area contributed by atoms with Gasteiger partial charge in [0.1, 0.15) is 11.0 Å². The van der Waals surface area contributed by atoms with Crippen LogP contribution in [0.15, 0.2) is 46.4 Å². The minimum atomic E-state index is -4.37. The molecule has 0 saturated carbocycles. The molecular weight excluding hydrogens is 306 g/mol. The van der Waals surface area contributed by atoms with Crippen LogP contribution in [0.5, 0.6) is 0 Å². The van der Waals surface area contributed by atoms with Crippen molar-refractivity contribution in [3.63, 3.8) is 0 Å². The quantitative estimate of drug-likeness (QED) is 0.289. The summed E-state index contributed by atoms with van der Waals surface area (Å²) in [5, 5.41) is 20.4. The first-order valence-corrected chi connectivity index (χ1v) is 7.36. The van der Waals surface area contributed by atoms with Crippen molar-refractivity contribution in [2.24, 2.45) is 10.8 Å². The van der Waals surface area contributed by atoms with Crippen LogP contribution < -0.4 is 11.2 Å². The molecule has 0 aliphatic carbocycles. The molecule has 0 amide bonds. The number of fused-ring (bicyclic) bond motifs is 1. The Balaban J connectivity index is 2.59. The van der Waals surface area contributed by atoms with E-state index in [4.69, 9.17) is 16.4 Å². The maximum atomic E-state index is 11.4. The van der Waals surface area contributed by atoms with Gasteiger partial charge < -0.3 is 5.73 Å². The number of rotatable bonds is 4. The van der Waals surface area contributed by atoms with Gasteiger partial charge in [-0.25, -0.2) is 0 Å². The zero-order chi connectivity index (χ0) is 16.3. The van der Waals surface area contributed by atoms with Gasteiger partial charge in [-0.1, -0.05) is 24.3 Å².